The fraction of sp³-hybridized carbons (Fsp3) is 0.214. The summed E-state index contributed by atoms with van der Waals surface area (Å²) in [6.45, 7) is 6.15. The normalized spacial score (nSPS) is 10.9. The Kier molecular flexibility index (Phi) is 6.59. The molecule has 0 aliphatic rings. The van der Waals surface area contributed by atoms with Gasteiger partial charge in [0.2, 0.25) is 11.2 Å². The number of hydrogen-bond donors (Lipinski definition) is 0. The molecule has 4 rings (SSSR count). The van der Waals surface area contributed by atoms with Crippen molar-refractivity contribution in [3.05, 3.63) is 93.6 Å². The van der Waals surface area contributed by atoms with E-state index in [0.29, 0.717) is 29.6 Å². The van der Waals surface area contributed by atoms with Crippen LogP contribution < -0.4 is 14.9 Å². The molecule has 4 aromatic rings. The highest BCUT2D eigenvalue weighted by Gasteiger charge is 2.21. The molecule has 5 heteroatoms. The number of carbonyl (C=O) groups excluding carboxylic acids is 1. The van der Waals surface area contributed by atoms with Gasteiger partial charge in [-0.1, -0.05) is 54.1 Å². The SMILES string of the molecule is Cc1ccc(-c2oc3cc(C)cc(C)c3c(=O)c2OC(=O)CCCOc2ccccc2)cc1. The maximum Gasteiger partial charge on any atom is 0.311 e. The largest absolute Gasteiger partial charge is 0.494 e. The molecule has 0 unspecified atom stereocenters. The van der Waals surface area contributed by atoms with Crippen molar-refractivity contribution in [2.45, 2.75) is 33.6 Å². The molecule has 0 radical (unpaired) electrons. The molecule has 0 spiro atoms. The average molecular weight is 443 g/mol. The zero-order chi connectivity index (χ0) is 23.4. The van der Waals surface area contributed by atoms with Gasteiger partial charge in [-0.3, -0.25) is 9.59 Å². The van der Waals surface area contributed by atoms with Crippen molar-refractivity contribution >= 4 is 16.9 Å². The molecule has 0 amide bonds. The number of fused-ring (bicyclic) bond motifs is 1. The first-order valence-corrected chi connectivity index (χ1v) is 11.0. The van der Waals surface area contributed by atoms with Gasteiger partial charge in [0.25, 0.3) is 0 Å². The predicted octanol–water partition coefficient (Wildman–Crippen LogP) is 6.15. The number of para-hydroxylation sites is 1. The lowest BCUT2D eigenvalue weighted by atomic mass is 10.0. The van der Waals surface area contributed by atoms with Crippen LogP contribution >= 0.6 is 0 Å². The number of esters is 1. The Labute approximate surface area is 192 Å². The maximum atomic E-state index is 13.4. The van der Waals surface area contributed by atoms with Crippen molar-refractivity contribution in [1.29, 1.82) is 0 Å². The van der Waals surface area contributed by atoms with Crippen LogP contribution in [0.2, 0.25) is 0 Å². The van der Waals surface area contributed by atoms with Crippen LogP contribution in [0.5, 0.6) is 11.5 Å². The molecule has 5 nitrogen and oxygen atoms in total. The predicted molar refractivity (Wildman–Crippen MR) is 129 cm³/mol. The van der Waals surface area contributed by atoms with Crippen LogP contribution in [0.3, 0.4) is 0 Å². The molecular weight excluding hydrogens is 416 g/mol. The van der Waals surface area contributed by atoms with E-state index in [2.05, 4.69) is 0 Å². The van der Waals surface area contributed by atoms with Gasteiger partial charge >= 0.3 is 5.97 Å². The topological polar surface area (TPSA) is 65.7 Å². The van der Waals surface area contributed by atoms with Crippen LogP contribution in [0.25, 0.3) is 22.3 Å². The zero-order valence-electron chi connectivity index (χ0n) is 19.0. The molecule has 33 heavy (non-hydrogen) atoms. The number of hydrogen-bond acceptors (Lipinski definition) is 5. The monoisotopic (exact) mass is 442 g/mol. The van der Waals surface area contributed by atoms with Gasteiger partial charge in [0.1, 0.15) is 11.3 Å². The van der Waals surface area contributed by atoms with Gasteiger partial charge in [-0.2, -0.15) is 0 Å². The Morgan fingerprint density at radius 2 is 1.64 bits per heavy atom. The first-order chi connectivity index (χ1) is 15.9. The first kappa shape index (κ1) is 22.3. The summed E-state index contributed by atoms with van der Waals surface area (Å²) >= 11 is 0. The Bertz CT molecular complexity index is 1340. The Morgan fingerprint density at radius 3 is 2.36 bits per heavy atom. The van der Waals surface area contributed by atoms with E-state index in [1.807, 2.05) is 87.5 Å². The van der Waals surface area contributed by atoms with Crippen molar-refractivity contribution in [3.8, 4) is 22.8 Å². The Morgan fingerprint density at radius 1 is 0.909 bits per heavy atom. The molecule has 0 atom stereocenters. The highest BCUT2D eigenvalue weighted by molar-refractivity contribution is 5.87. The molecule has 0 aliphatic carbocycles. The van der Waals surface area contributed by atoms with Gasteiger partial charge in [0.05, 0.1) is 12.0 Å². The third kappa shape index (κ3) is 5.14. The molecule has 0 bridgehead atoms. The van der Waals surface area contributed by atoms with Crippen molar-refractivity contribution in [3.63, 3.8) is 0 Å². The summed E-state index contributed by atoms with van der Waals surface area (Å²) in [7, 11) is 0. The van der Waals surface area contributed by atoms with Crippen molar-refractivity contribution < 1.29 is 18.7 Å². The second-order valence-electron chi connectivity index (χ2n) is 8.15. The lowest BCUT2D eigenvalue weighted by Crippen LogP contribution is -2.17. The first-order valence-electron chi connectivity index (χ1n) is 11.0. The van der Waals surface area contributed by atoms with E-state index in [4.69, 9.17) is 13.9 Å². The lowest BCUT2D eigenvalue weighted by molar-refractivity contribution is -0.134. The highest BCUT2D eigenvalue weighted by Crippen LogP contribution is 2.32. The maximum absolute atomic E-state index is 13.4. The van der Waals surface area contributed by atoms with E-state index in [1.165, 1.54) is 0 Å². The van der Waals surface area contributed by atoms with E-state index in [0.717, 1.165) is 22.4 Å². The quantitative estimate of drug-likeness (QED) is 0.254. The minimum Gasteiger partial charge on any atom is -0.494 e. The molecule has 1 aromatic heterocycles. The summed E-state index contributed by atoms with van der Waals surface area (Å²) in [6, 6.07) is 20.7. The van der Waals surface area contributed by atoms with E-state index in [-0.39, 0.29) is 23.4 Å². The van der Waals surface area contributed by atoms with Crippen LogP contribution in [0.15, 0.2) is 75.9 Å². The van der Waals surface area contributed by atoms with E-state index in [9.17, 15) is 9.59 Å². The second kappa shape index (κ2) is 9.74. The third-order valence-corrected chi connectivity index (χ3v) is 5.36. The minimum atomic E-state index is -0.503. The van der Waals surface area contributed by atoms with Crippen molar-refractivity contribution in [2.24, 2.45) is 0 Å². The molecule has 0 N–H and O–H groups in total. The molecular formula is C28H26O5. The summed E-state index contributed by atoms with van der Waals surface area (Å²) in [5, 5.41) is 0.423. The molecule has 168 valence electrons. The number of ether oxygens (including phenoxy) is 2. The van der Waals surface area contributed by atoms with Gasteiger partial charge < -0.3 is 13.9 Å². The van der Waals surface area contributed by atoms with Gasteiger partial charge in [-0.05, 0) is 56.5 Å². The van der Waals surface area contributed by atoms with E-state index in [1.54, 1.807) is 0 Å². The van der Waals surface area contributed by atoms with Crippen molar-refractivity contribution in [1.82, 2.24) is 0 Å². The smallest absolute Gasteiger partial charge is 0.311 e. The molecule has 0 saturated carbocycles. The van der Waals surface area contributed by atoms with Crippen LogP contribution in [-0.4, -0.2) is 12.6 Å². The fourth-order valence-electron chi connectivity index (χ4n) is 3.75. The summed E-state index contributed by atoms with van der Waals surface area (Å²) in [5.41, 5.74) is 3.64. The molecule has 0 fully saturated rings. The minimum absolute atomic E-state index is 0.0766. The number of benzene rings is 3. The van der Waals surface area contributed by atoms with Gasteiger partial charge in [0.15, 0.2) is 5.76 Å². The Balaban J connectivity index is 1.61. The van der Waals surface area contributed by atoms with Gasteiger partial charge in [-0.25, -0.2) is 0 Å². The van der Waals surface area contributed by atoms with Crippen LogP contribution in [0, 0.1) is 20.8 Å². The standard InChI is InChI=1S/C28H26O5/c1-18-11-13-21(14-12-18)27-28(26(30)25-20(3)16-19(2)17-23(25)32-27)33-24(29)10-7-15-31-22-8-5-4-6-9-22/h4-6,8-9,11-14,16-17H,7,10,15H2,1-3H3. The summed E-state index contributed by atoms with van der Waals surface area (Å²) in [4.78, 5) is 26.0. The highest BCUT2D eigenvalue weighted by atomic mass is 16.5. The number of aryl methyl sites for hydroxylation is 3. The van der Waals surface area contributed by atoms with E-state index < -0.39 is 5.97 Å². The average Bonchev–Trinajstić information content (AvgIpc) is 2.79. The summed E-state index contributed by atoms with van der Waals surface area (Å²) in [6.07, 6.45) is 0.579. The Hall–Kier alpha value is -3.86. The third-order valence-electron chi connectivity index (χ3n) is 5.36. The number of carbonyl (C=O) groups is 1. The second-order valence-corrected chi connectivity index (χ2v) is 8.15. The van der Waals surface area contributed by atoms with E-state index >= 15 is 0 Å². The van der Waals surface area contributed by atoms with Gasteiger partial charge in [-0.15, -0.1) is 0 Å². The van der Waals surface area contributed by atoms with Crippen LogP contribution in [0.4, 0.5) is 0 Å². The van der Waals surface area contributed by atoms with Crippen LogP contribution in [-0.2, 0) is 4.79 Å². The van der Waals surface area contributed by atoms with Crippen molar-refractivity contribution in [2.75, 3.05) is 6.61 Å². The zero-order valence-corrected chi connectivity index (χ0v) is 19.0. The van der Waals surface area contributed by atoms with Gasteiger partial charge in [0, 0.05) is 12.0 Å². The molecule has 1 heterocycles. The fourth-order valence-corrected chi connectivity index (χ4v) is 3.75. The summed E-state index contributed by atoms with van der Waals surface area (Å²) < 4.78 is 17.4. The molecule has 0 saturated heterocycles. The lowest BCUT2D eigenvalue weighted by Gasteiger charge is -2.12. The molecule has 3 aromatic carbocycles. The number of rotatable bonds is 7. The van der Waals surface area contributed by atoms with Crippen LogP contribution in [0.1, 0.15) is 29.5 Å². The summed E-state index contributed by atoms with van der Waals surface area (Å²) in [5.74, 6) is 0.420. The molecule has 0 aliphatic heterocycles.